The fourth-order valence-corrected chi connectivity index (χ4v) is 3.83. The first-order valence-electron chi connectivity index (χ1n) is 14.1. The molecule has 0 saturated heterocycles. The molecule has 38 heavy (non-hydrogen) atoms. The molecule has 1 amide bonds. The van der Waals surface area contributed by atoms with Crippen molar-refractivity contribution in [3.05, 3.63) is 11.7 Å². The van der Waals surface area contributed by atoms with Crippen molar-refractivity contribution in [2.75, 3.05) is 39.5 Å². The summed E-state index contributed by atoms with van der Waals surface area (Å²) in [6.45, 7) is 2.22. The van der Waals surface area contributed by atoms with E-state index in [4.69, 9.17) is 30.2 Å². The van der Waals surface area contributed by atoms with E-state index in [0.717, 1.165) is 57.8 Å². The topological polar surface area (TPSA) is 188 Å². The van der Waals surface area contributed by atoms with Crippen molar-refractivity contribution < 1.29 is 39.1 Å². The number of aliphatic hydroxyl groups excluding tert-OH is 2. The van der Waals surface area contributed by atoms with Crippen molar-refractivity contribution in [2.45, 2.75) is 102 Å². The van der Waals surface area contributed by atoms with Crippen molar-refractivity contribution in [3.63, 3.8) is 0 Å². The lowest BCUT2D eigenvalue weighted by atomic mass is 10.1. The van der Waals surface area contributed by atoms with E-state index in [0.29, 0.717) is 51.5 Å². The van der Waals surface area contributed by atoms with Crippen molar-refractivity contribution in [1.82, 2.24) is 16.2 Å². The van der Waals surface area contributed by atoms with E-state index >= 15 is 0 Å². The molecule has 8 N–H and O–H groups in total. The van der Waals surface area contributed by atoms with Gasteiger partial charge in [-0.25, -0.2) is 5.43 Å². The van der Waals surface area contributed by atoms with Crippen molar-refractivity contribution in [2.24, 2.45) is 5.73 Å². The van der Waals surface area contributed by atoms with Crippen molar-refractivity contribution >= 4 is 11.9 Å². The van der Waals surface area contributed by atoms with Gasteiger partial charge in [0.25, 0.3) is 0 Å². The minimum absolute atomic E-state index is 0.0158. The molecular weight excluding hydrogens is 496 g/mol. The first kappa shape index (κ1) is 34.1. The Morgan fingerprint density at radius 2 is 1.45 bits per heavy atom. The van der Waals surface area contributed by atoms with Crippen molar-refractivity contribution in [3.8, 4) is 0 Å². The van der Waals surface area contributed by atoms with Gasteiger partial charge in [0.05, 0.1) is 25.9 Å². The summed E-state index contributed by atoms with van der Waals surface area (Å²) in [4.78, 5) is 22.2. The Balaban J connectivity index is 1.74. The van der Waals surface area contributed by atoms with Crippen LogP contribution in [0.3, 0.4) is 0 Å². The van der Waals surface area contributed by atoms with Gasteiger partial charge in [-0.3, -0.25) is 15.0 Å². The second-order valence-electron chi connectivity index (χ2n) is 9.59. The summed E-state index contributed by atoms with van der Waals surface area (Å²) in [7, 11) is 0. The van der Waals surface area contributed by atoms with Crippen LogP contribution in [0.1, 0.15) is 89.9 Å². The Labute approximate surface area is 226 Å². The maximum atomic E-state index is 11.7. The fourth-order valence-electron chi connectivity index (χ4n) is 3.83. The molecule has 1 heterocycles. The summed E-state index contributed by atoms with van der Waals surface area (Å²) in [5.41, 5.74) is 11.6. The van der Waals surface area contributed by atoms with Crippen LogP contribution in [-0.2, 0) is 23.8 Å². The van der Waals surface area contributed by atoms with Gasteiger partial charge in [-0.1, -0.05) is 44.9 Å². The molecule has 0 radical (unpaired) electrons. The number of amides is 1. The SMILES string of the molecule is N[C@@H](CCCCNC(=O)COCCOCCNNC(O)CCCCCCCCCCCC(=O)O)C1=C(O)O1. The maximum absolute atomic E-state index is 11.7. The fraction of sp³-hybridized carbons (Fsp3) is 0.846. The third kappa shape index (κ3) is 21.0. The van der Waals surface area contributed by atoms with Crippen molar-refractivity contribution in [1.29, 1.82) is 0 Å². The number of aliphatic hydroxyl groups is 2. The monoisotopic (exact) mass is 546 g/mol. The van der Waals surface area contributed by atoms with Gasteiger partial charge in [0, 0.05) is 19.5 Å². The number of carbonyl (C=O) groups is 2. The van der Waals surface area contributed by atoms with Gasteiger partial charge < -0.3 is 40.6 Å². The molecule has 0 bridgehead atoms. The second-order valence-corrected chi connectivity index (χ2v) is 9.59. The van der Waals surface area contributed by atoms with E-state index in [1.807, 2.05) is 0 Å². The van der Waals surface area contributed by atoms with Gasteiger partial charge in [0.2, 0.25) is 11.7 Å². The smallest absolute Gasteiger partial charge is 0.324 e. The van der Waals surface area contributed by atoms with Gasteiger partial charge in [-0.2, -0.15) is 0 Å². The van der Waals surface area contributed by atoms with Crippen LogP contribution in [-0.4, -0.2) is 79.0 Å². The molecule has 1 unspecified atom stereocenters. The molecule has 0 aromatic rings. The molecule has 222 valence electrons. The lowest BCUT2D eigenvalue weighted by molar-refractivity contribution is -0.137. The quantitative estimate of drug-likeness (QED) is 0.0433. The number of carboxylic acids is 1. The lowest BCUT2D eigenvalue weighted by Gasteiger charge is -2.14. The van der Waals surface area contributed by atoms with E-state index in [-0.39, 0.29) is 30.9 Å². The maximum Gasteiger partial charge on any atom is 0.324 e. The molecule has 12 nitrogen and oxygen atoms in total. The summed E-state index contributed by atoms with van der Waals surface area (Å²) in [5.74, 6) is -0.490. The molecule has 1 aliphatic heterocycles. The molecule has 0 spiro atoms. The summed E-state index contributed by atoms with van der Waals surface area (Å²) in [6.07, 6.45) is 12.3. The van der Waals surface area contributed by atoms with Gasteiger partial charge in [0.1, 0.15) is 12.8 Å². The third-order valence-electron chi connectivity index (χ3n) is 6.09. The van der Waals surface area contributed by atoms with E-state index < -0.39 is 12.2 Å². The largest absolute Gasteiger partial charge is 0.481 e. The molecule has 12 heteroatoms. The van der Waals surface area contributed by atoms with Crippen LogP contribution in [0, 0.1) is 0 Å². The summed E-state index contributed by atoms with van der Waals surface area (Å²) in [5, 5.41) is 30.3. The molecule has 0 aliphatic carbocycles. The highest BCUT2D eigenvalue weighted by Gasteiger charge is 2.30. The molecule has 1 aliphatic rings. The average Bonchev–Trinajstić information content (AvgIpc) is 3.62. The van der Waals surface area contributed by atoms with Crippen LogP contribution in [0.2, 0.25) is 0 Å². The number of hydrogen-bond donors (Lipinski definition) is 7. The predicted octanol–water partition coefficient (Wildman–Crippen LogP) is 2.18. The minimum Gasteiger partial charge on any atom is -0.481 e. The molecule has 0 saturated carbocycles. The Morgan fingerprint density at radius 1 is 0.842 bits per heavy atom. The summed E-state index contributed by atoms with van der Waals surface area (Å²) in [6, 6.07) is -0.280. The zero-order valence-electron chi connectivity index (χ0n) is 22.8. The van der Waals surface area contributed by atoms with Crippen LogP contribution < -0.4 is 21.9 Å². The van der Waals surface area contributed by atoms with Crippen LogP contribution in [0.15, 0.2) is 11.7 Å². The zero-order chi connectivity index (χ0) is 27.8. The molecule has 1 rings (SSSR count). The number of ether oxygens (including phenoxy) is 3. The van der Waals surface area contributed by atoms with E-state index in [2.05, 4.69) is 16.2 Å². The molecular formula is C26H50N4O8. The molecule has 0 fully saturated rings. The normalized spacial score (nSPS) is 14.3. The second kappa shape index (κ2) is 23.0. The highest BCUT2D eigenvalue weighted by atomic mass is 16.7. The van der Waals surface area contributed by atoms with E-state index in [1.54, 1.807) is 0 Å². The summed E-state index contributed by atoms with van der Waals surface area (Å²) < 4.78 is 15.5. The third-order valence-corrected chi connectivity index (χ3v) is 6.09. The number of hydrogen-bond acceptors (Lipinski definition) is 10. The Kier molecular flexibility index (Phi) is 20.6. The number of carbonyl (C=O) groups excluding carboxylic acids is 1. The number of aliphatic carboxylic acids is 1. The molecule has 0 aromatic carbocycles. The number of nitrogens with two attached hydrogens (primary N) is 1. The minimum atomic E-state index is -0.709. The van der Waals surface area contributed by atoms with Crippen LogP contribution in [0.25, 0.3) is 0 Å². The number of unbranched alkanes of at least 4 members (excludes halogenated alkanes) is 9. The Hall–Kier alpha value is -1.96. The van der Waals surface area contributed by atoms with Crippen LogP contribution >= 0.6 is 0 Å². The zero-order valence-corrected chi connectivity index (χ0v) is 22.8. The first-order chi connectivity index (χ1) is 18.4. The lowest BCUT2D eigenvalue weighted by Crippen LogP contribution is -2.42. The average molecular weight is 547 g/mol. The first-order valence-corrected chi connectivity index (χ1v) is 14.1. The molecule has 0 aromatic heterocycles. The van der Waals surface area contributed by atoms with Crippen LogP contribution in [0.5, 0.6) is 0 Å². The Morgan fingerprint density at radius 3 is 2.11 bits per heavy atom. The van der Waals surface area contributed by atoms with Gasteiger partial charge in [-0.15, -0.1) is 0 Å². The Bertz CT molecular complexity index is 665. The number of rotatable bonds is 28. The van der Waals surface area contributed by atoms with E-state index in [9.17, 15) is 14.7 Å². The number of carboxylic acid groups (broad SMARTS) is 1. The number of nitrogens with one attached hydrogen (secondary N) is 3. The molecule has 2 atom stereocenters. The van der Waals surface area contributed by atoms with Crippen LogP contribution in [0.4, 0.5) is 0 Å². The standard InChI is InChI=1S/C26H50N4O8/c27-21(25-26(35)38-25)12-10-11-15-28-23(32)20-37-19-18-36-17-16-29-30-22(31)13-8-6-4-2-1-3-5-7-9-14-24(33)34/h21-22,29-31,35H,1-20,27H2,(H,28,32)(H,33,34)/t21-,22?/m0/s1. The number of hydrazine groups is 1. The highest BCUT2D eigenvalue weighted by molar-refractivity contribution is 5.77. The van der Waals surface area contributed by atoms with Gasteiger partial charge >= 0.3 is 11.9 Å². The summed E-state index contributed by atoms with van der Waals surface area (Å²) >= 11 is 0. The highest BCUT2D eigenvalue weighted by Crippen LogP contribution is 2.27. The predicted molar refractivity (Wildman–Crippen MR) is 143 cm³/mol. The van der Waals surface area contributed by atoms with Gasteiger partial charge in [-0.05, 0) is 38.5 Å². The van der Waals surface area contributed by atoms with E-state index in [1.165, 1.54) is 12.8 Å². The van der Waals surface area contributed by atoms with Gasteiger partial charge in [0.15, 0.2) is 0 Å².